The molecule has 0 unspecified atom stereocenters. The molecule has 90 valence electrons. The molecular weight excluding hydrogens is 369 g/mol. The van der Waals surface area contributed by atoms with E-state index < -0.39 is 11.9 Å². The zero-order valence-electron chi connectivity index (χ0n) is 8.04. The Morgan fingerprint density at radius 1 is 1.35 bits per heavy atom. The number of halogens is 5. The third kappa shape index (κ3) is 2.54. The van der Waals surface area contributed by atoms with Crippen LogP contribution in [0.1, 0.15) is 5.69 Å². The van der Waals surface area contributed by atoms with Crippen molar-refractivity contribution in [2.75, 3.05) is 0 Å². The molecule has 8 heteroatoms. The summed E-state index contributed by atoms with van der Waals surface area (Å²) < 4.78 is 38.7. The highest BCUT2D eigenvalue weighted by Gasteiger charge is 2.35. The molecule has 0 bridgehead atoms. The average Bonchev–Trinajstić information content (AvgIpc) is 2.61. The maximum absolute atomic E-state index is 12.5. The first-order chi connectivity index (χ1) is 7.89. The number of pyridine rings is 1. The van der Waals surface area contributed by atoms with Gasteiger partial charge in [0.05, 0.1) is 5.02 Å². The Morgan fingerprint density at radius 3 is 2.59 bits per heavy atom. The first-order valence-electron chi connectivity index (χ1n) is 4.33. The molecule has 0 aromatic carbocycles. The lowest BCUT2D eigenvalue weighted by atomic mass is 10.4. The molecule has 0 saturated heterocycles. The summed E-state index contributed by atoms with van der Waals surface area (Å²) >= 11 is 7.59. The summed E-state index contributed by atoms with van der Waals surface area (Å²) in [5.74, 6) is 0.175. The highest BCUT2D eigenvalue weighted by atomic mass is 127. The van der Waals surface area contributed by atoms with Gasteiger partial charge in [-0.3, -0.25) is 0 Å². The molecule has 2 rings (SSSR count). The average molecular weight is 374 g/mol. The lowest BCUT2D eigenvalue weighted by molar-refractivity contribution is -0.141. The highest BCUT2D eigenvalue weighted by Crippen LogP contribution is 2.30. The normalized spacial score (nSPS) is 11.8. The van der Waals surface area contributed by atoms with Gasteiger partial charge in [-0.2, -0.15) is 18.3 Å². The van der Waals surface area contributed by atoms with Gasteiger partial charge in [0.15, 0.2) is 11.5 Å². The van der Waals surface area contributed by atoms with Crippen LogP contribution in [0.2, 0.25) is 5.02 Å². The van der Waals surface area contributed by atoms with Crippen molar-refractivity contribution in [2.24, 2.45) is 0 Å². The van der Waals surface area contributed by atoms with Crippen molar-refractivity contribution in [3.8, 4) is 5.82 Å². The lowest BCUT2D eigenvalue weighted by Gasteiger charge is -2.04. The van der Waals surface area contributed by atoms with Crippen molar-refractivity contribution in [1.29, 1.82) is 0 Å². The van der Waals surface area contributed by atoms with Gasteiger partial charge < -0.3 is 0 Å². The van der Waals surface area contributed by atoms with Gasteiger partial charge in [0, 0.05) is 12.3 Å². The van der Waals surface area contributed by atoms with E-state index in [0.717, 1.165) is 10.7 Å². The smallest absolute Gasteiger partial charge is 0.236 e. The molecule has 0 aliphatic carbocycles. The Hall–Kier alpha value is -0.830. The van der Waals surface area contributed by atoms with Crippen molar-refractivity contribution in [3.05, 3.63) is 38.8 Å². The Labute approximate surface area is 113 Å². The monoisotopic (exact) mass is 373 g/mol. The number of aromatic nitrogens is 3. The SMILES string of the molecule is FC(F)(F)c1cc(I)n(-c2ncccc2Cl)n1. The zero-order chi connectivity index (χ0) is 12.6. The van der Waals surface area contributed by atoms with E-state index in [1.165, 1.54) is 12.3 Å². The molecule has 2 aromatic heterocycles. The van der Waals surface area contributed by atoms with Crippen LogP contribution in [0.3, 0.4) is 0 Å². The van der Waals surface area contributed by atoms with Gasteiger partial charge >= 0.3 is 6.18 Å². The minimum atomic E-state index is -4.48. The van der Waals surface area contributed by atoms with E-state index in [9.17, 15) is 13.2 Å². The number of alkyl halides is 3. The molecule has 2 heterocycles. The predicted molar refractivity (Wildman–Crippen MR) is 64.1 cm³/mol. The van der Waals surface area contributed by atoms with Crippen LogP contribution in [0.5, 0.6) is 0 Å². The summed E-state index contributed by atoms with van der Waals surface area (Å²) in [6.07, 6.45) is -3.04. The largest absolute Gasteiger partial charge is 0.435 e. The molecule has 0 aliphatic heterocycles. The molecule has 0 atom stereocenters. The first-order valence-corrected chi connectivity index (χ1v) is 5.79. The second kappa shape index (κ2) is 4.45. The van der Waals surface area contributed by atoms with Gasteiger partial charge in [0.2, 0.25) is 0 Å². The third-order valence-electron chi connectivity index (χ3n) is 1.90. The van der Waals surface area contributed by atoms with E-state index in [1.54, 1.807) is 28.7 Å². The molecular formula is C9H4ClF3IN3. The summed E-state index contributed by atoms with van der Waals surface area (Å²) in [6, 6.07) is 4.06. The summed E-state index contributed by atoms with van der Waals surface area (Å²) in [7, 11) is 0. The standard InChI is InChI=1S/C9H4ClF3IN3/c10-5-2-1-3-15-8(5)17-7(14)4-6(16-17)9(11,12)13/h1-4H. The first kappa shape index (κ1) is 12.6. The van der Waals surface area contributed by atoms with Crippen LogP contribution < -0.4 is 0 Å². The van der Waals surface area contributed by atoms with Crippen LogP contribution in [0, 0.1) is 3.70 Å². The summed E-state index contributed by atoms with van der Waals surface area (Å²) in [4.78, 5) is 3.90. The van der Waals surface area contributed by atoms with Crippen LogP contribution in [-0.2, 0) is 6.18 Å². The Bertz CT molecular complexity index is 553. The van der Waals surface area contributed by atoms with Crippen LogP contribution in [0.4, 0.5) is 13.2 Å². The Balaban J connectivity index is 2.55. The number of nitrogens with zero attached hydrogens (tertiary/aromatic N) is 3. The molecule has 0 aliphatic rings. The molecule has 0 saturated carbocycles. The number of rotatable bonds is 1. The van der Waals surface area contributed by atoms with Crippen molar-refractivity contribution in [3.63, 3.8) is 0 Å². The maximum atomic E-state index is 12.5. The molecule has 0 radical (unpaired) electrons. The molecule has 0 amide bonds. The van der Waals surface area contributed by atoms with Crippen molar-refractivity contribution < 1.29 is 13.2 Å². The van der Waals surface area contributed by atoms with E-state index in [2.05, 4.69) is 10.1 Å². The Morgan fingerprint density at radius 2 is 2.06 bits per heavy atom. The van der Waals surface area contributed by atoms with E-state index in [1.807, 2.05) is 0 Å². The van der Waals surface area contributed by atoms with E-state index in [0.29, 0.717) is 0 Å². The fourth-order valence-corrected chi connectivity index (χ4v) is 2.01. The van der Waals surface area contributed by atoms with Crippen LogP contribution >= 0.6 is 34.2 Å². The quantitative estimate of drug-likeness (QED) is 0.716. The predicted octanol–water partition coefficient (Wildman–Crippen LogP) is 3.54. The minimum absolute atomic E-state index is 0.175. The molecule has 17 heavy (non-hydrogen) atoms. The lowest BCUT2D eigenvalue weighted by Crippen LogP contribution is -2.08. The van der Waals surface area contributed by atoms with Gasteiger partial charge in [-0.25, -0.2) is 9.67 Å². The maximum Gasteiger partial charge on any atom is 0.435 e. The van der Waals surface area contributed by atoms with Crippen molar-refractivity contribution >= 4 is 34.2 Å². The molecule has 0 spiro atoms. The van der Waals surface area contributed by atoms with E-state index >= 15 is 0 Å². The second-order valence-electron chi connectivity index (χ2n) is 3.07. The van der Waals surface area contributed by atoms with Crippen molar-refractivity contribution in [1.82, 2.24) is 14.8 Å². The summed E-state index contributed by atoms with van der Waals surface area (Å²) in [6.45, 7) is 0. The van der Waals surface area contributed by atoms with Crippen LogP contribution in [-0.4, -0.2) is 14.8 Å². The highest BCUT2D eigenvalue weighted by molar-refractivity contribution is 14.1. The molecule has 3 nitrogen and oxygen atoms in total. The van der Waals surface area contributed by atoms with E-state index in [4.69, 9.17) is 11.6 Å². The van der Waals surface area contributed by atoms with Gasteiger partial charge in [0.25, 0.3) is 0 Å². The molecule has 2 aromatic rings. The van der Waals surface area contributed by atoms with Crippen LogP contribution in [0.15, 0.2) is 24.4 Å². The van der Waals surface area contributed by atoms with Gasteiger partial charge in [-0.15, -0.1) is 0 Å². The fourth-order valence-electron chi connectivity index (χ4n) is 1.18. The number of hydrogen-bond acceptors (Lipinski definition) is 2. The third-order valence-corrected chi connectivity index (χ3v) is 2.96. The molecule has 0 fully saturated rings. The zero-order valence-corrected chi connectivity index (χ0v) is 11.0. The van der Waals surface area contributed by atoms with Gasteiger partial charge in [-0.1, -0.05) is 11.6 Å². The van der Waals surface area contributed by atoms with Gasteiger partial charge in [0.1, 0.15) is 3.70 Å². The molecule has 0 N–H and O–H groups in total. The second-order valence-corrected chi connectivity index (χ2v) is 4.58. The number of hydrogen-bond donors (Lipinski definition) is 0. The van der Waals surface area contributed by atoms with Gasteiger partial charge in [-0.05, 0) is 34.7 Å². The Kier molecular flexibility index (Phi) is 3.30. The van der Waals surface area contributed by atoms with E-state index in [-0.39, 0.29) is 14.5 Å². The van der Waals surface area contributed by atoms with Crippen LogP contribution in [0.25, 0.3) is 5.82 Å². The van der Waals surface area contributed by atoms with Crippen molar-refractivity contribution in [2.45, 2.75) is 6.18 Å². The summed E-state index contributed by atoms with van der Waals surface area (Å²) in [5.41, 5.74) is -0.969. The summed E-state index contributed by atoms with van der Waals surface area (Å²) in [5, 5.41) is 3.69. The fraction of sp³-hybridized carbons (Fsp3) is 0.111. The topological polar surface area (TPSA) is 30.7 Å². The minimum Gasteiger partial charge on any atom is -0.236 e.